The number of benzene rings is 2. The molecule has 2 atom stereocenters. The Balaban J connectivity index is 1.56. The largest absolute Gasteiger partial charge is 0.323 e. The van der Waals surface area contributed by atoms with Gasteiger partial charge in [0.1, 0.15) is 0 Å². The number of para-hydroxylation sites is 1. The van der Waals surface area contributed by atoms with E-state index >= 15 is 0 Å². The highest BCUT2D eigenvalue weighted by atomic mass is 14.8. The third-order valence-electron chi connectivity index (χ3n) is 4.50. The summed E-state index contributed by atoms with van der Waals surface area (Å²) in [6.07, 6.45) is 2.12. The normalized spacial score (nSPS) is 18.0. The van der Waals surface area contributed by atoms with Crippen LogP contribution in [0.1, 0.15) is 35.2 Å². The summed E-state index contributed by atoms with van der Waals surface area (Å²) in [7, 11) is 0. The van der Waals surface area contributed by atoms with Crippen molar-refractivity contribution >= 4 is 10.9 Å². The Kier molecular flexibility index (Phi) is 2.97. The average Bonchev–Trinajstić information content (AvgIpc) is 2.52. The fourth-order valence-corrected chi connectivity index (χ4v) is 3.29. The molecule has 2 N–H and O–H groups in total. The number of hydrogen-bond acceptors (Lipinski definition) is 2. The van der Waals surface area contributed by atoms with Crippen molar-refractivity contribution in [3.05, 3.63) is 77.5 Å². The lowest BCUT2D eigenvalue weighted by Crippen LogP contribution is -2.23. The number of nitrogens with zero attached hydrogens (tertiary/aromatic N) is 1. The van der Waals surface area contributed by atoms with Gasteiger partial charge in [0.2, 0.25) is 0 Å². The molecule has 2 heteroatoms. The van der Waals surface area contributed by atoms with Crippen LogP contribution in [0.15, 0.2) is 60.7 Å². The molecule has 1 aromatic heterocycles. The summed E-state index contributed by atoms with van der Waals surface area (Å²) >= 11 is 0. The molecule has 104 valence electrons. The van der Waals surface area contributed by atoms with E-state index in [9.17, 15) is 0 Å². The summed E-state index contributed by atoms with van der Waals surface area (Å²) in [4.78, 5) is 4.72. The van der Waals surface area contributed by atoms with E-state index in [2.05, 4.69) is 42.5 Å². The van der Waals surface area contributed by atoms with Crippen LogP contribution < -0.4 is 5.73 Å². The molecule has 4 rings (SSSR count). The fourth-order valence-electron chi connectivity index (χ4n) is 3.29. The second-order valence-electron chi connectivity index (χ2n) is 5.87. The van der Waals surface area contributed by atoms with Crippen molar-refractivity contribution in [2.45, 2.75) is 24.8 Å². The summed E-state index contributed by atoms with van der Waals surface area (Å²) < 4.78 is 0. The minimum absolute atomic E-state index is 0.00737. The molecule has 2 nitrogen and oxygen atoms in total. The van der Waals surface area contributed by atoms with Crippen LogP contribution in [0.5, 0.6) is 0 Å². The molecule has 0 amide bonds. The quantitative estimate of drug-likeness (QED) is 0.785. The van der Waals surface area contributed by atoms with Crippen LogP contribution in [0.4, 0.5) is 0 Å². The van der Waals surface area contributed by atoms with E-state index in [0.717, 1.165) is 24.1 Å². The fraction of sp³-hybridized carbons (Fsp3) is 0.211. The first kappa shape index (κ1) is 12.5. The van der Waals surface area contributed by atoms with Crippen molar-refractivity contribution < 1.29 is 0 Å². The Morgan fingerprint density at radius 1 is 1.00 bits per heavy atom. The number of hydrogen-bond donors (Lipinski definition) is 1. The van der Waals surface area contributed by atoms with Gasteiger partial charge in [0.15, 0.2) is 0 Å². The van der Waals surface area contributed by atoms with Crippen molar-refractivity contribution in [3.8, 4) is 0 Å². The maximum absolute atomic E-state index is 6.39. The number of pyridine rings is 1. The molecule has 21 heavy (non-hydrogen) atoms. The molecule has 2 aromatic carbocycles. The van der Waals surface area contributed by atoms with Gasteiger partial charge in [-0.15, -0.1) is 0 Å². The van der Waals surface area contributed by atoms with Gasteiger partial charge in [-0.1, -0.05) is 48.5 Å². The molecule has 1 aliphatic rings. The molecule has 0 aliphatic heterocycles. The van der Waals surface area contributed by atoms with Gasteiger partial charge in [0, 0.05) is 11.4 Å². The van der Waals surface area contributed by atoms with Crippen LogP contribution >= 0.6 is 0 Å². The standard InChI is InChI=1S/C19H18N2/c20-17(12-15-11-14-6-1-3-7-16(14)15)19-10-9-13-5-2-4-8-18(13)21-19/h1-10,15,17H,11-12,20H2. The summed E-state index contributed by atoms with van der Waals surface area (Å²) in [6.45, 7) is 0. The molecule has 0 saturated heterocycles. The van der Waals surface area contributed by atoms with E-state index in [0.29, 0.717) is 5.92 Å². The summed E-state index contributed by atoms with van der Waals surface area (Å²) in [5.41, 5.74) is 11.4. The zero-order valence-corrected chi connectivity index (χ0v) is 11.9. The highest BCUT2D eigenvalue weighted by Gasteiger charge is 2.27. The monoisotopic (exact) mass is 274 g/mol. The second kappa shape index (κ2) is 4.97. The lowest BCUT2D eigenvalue weighted by atomic mass is 9.74. The summed E-state index contributed by atoms with van der Waals surface area (Å²) in [5, 5.41) is 1.17. The molecule has 0 fully saturated rings. The highest BCUT2D eigenvalue weighted by Crippen LogP contribution is 2.39. The Labute approximate surface area is 124 Å². The number of aromatic nitrogens is 1. The Morgan fingerprint density at radius 2 is 1.81 bits per heavy atom. The molecule has 0 spiro atoms. The van der Waals surface area contributed by atoms with Crippen LogP contribution in [-0.4, -0.2) is 4.98 Å². The van der Waals surface area contributed by atoms with E-state index in [1.807, 2.05) is 18.2 Å². The van der Waals surface area contributed by atoms with Crippen molar-refractivity contribution in [2.75, 3.05) is 0 Å². The van der Waals surface area contributed by atoms with Gasteiger partial charge in [0.25, 0.3) is 0 Å². The predicted octanol–water partition coefficient (Wildman–Crippen LogP) is 3.96. The minimum atomic E-state index is 0.00737. The first-order valence-corrected chi connectivity index (χ1v) is 7.50. The molecular formula is C19H18N2. The van der Waals surface area contributed by atoms with Crippen LogP contribution in [0.25, 0.3) is 10.9 Å². The summed E-state index contributed by atoms with van der Waals surface area (Å²) in [5.74, 6) is 0.587. The first-order chi connectivity index (χ1) is 10.3. The smallest absolute Gasteiger partial charge is 0.0706 e. The first-order valence-electron chi connectivity index (χ1n) is 7.50. The van der Waals surface area contributed by atoms with Crippen molar-refractivity contribution in [3.63, 3.8) is 0 Å². The van der Waals surface area contributed by atoms with Gasteiger partial charge in [-0.2, -0.15) is 0 Å². The molecule has 0 saturated carbocycles. The minimum Gasteiger partial charge on any atom is -0.323 e. The third-order valence-corrected chi connectivity index (χ3v) is 4.50. The zero-order chi connectivity index (χ0) is 14.2. The lowest BCUT2D eigenvalue weighted by Gasteiger charge is -2.31. The molecule has 3 aromatic rings. The van der Waals surface area contributed by atoms with Crippen LogP contribution in [0, 0.1) is 0 Å². The second-order valence-corrected chi connectivity index (χ2v) is 5.87. The molecule has 0 bridgehead atoms. The SMILES string of the molecule is NC(CC1Cc2ccccc21)c1ccc2ccccc2n1. The van der Waals surface area contributed by atoms with Gasteiger partial charge in [0.05, 0.1) is 11.2 Å². The Bertz CT molecular complexity index is 794. The van der Waals surface area contributed by atoms with Crippen LogP contribution in [0.3, 0.4) is 0 Å². The van der Waals surface area contributed by atoms with Gasteiger partial charge >= 0.3 is 0 Å². The van der Waals surface area contributed by atoms with Crippen LogP contribution in [-0.2, 0) is 6.42 Å². The molecule has 1 heterocycles. The van der Waals surface area contributed by atoms with E-state index in [4.69, 9.17) is 10.7 Å². The molecule has 0 radical (unpaired) electrons. The van der Waals surface area contributed by atoms with Crippen LogP contribution in [0.2, 0.25) is 0 Å². The zero-order valence-electron chi connectivity index (χ0n) is 11.9. The van der Waals surface area contributed by atoms with Gasteiger partial charge in [-0.25, -0.2) is 0 Å². The van der Waals surface area contributed by atoms with E-state index < -0.39 is 0 Å². The lowest BCUT2D eigenvalue weighted by molar-refractivity contribution is 0.493. The molecule has 2 unspecified atom stereocenters. The van der Waals surface area contributed by atoms with Crippen molar-refractivity contribution in [1.29, 1.82) is 0 Å². The van der Waals surface area contributed by atoms with Gasteiger partial charge < -0.3 is 5.73 Å². The Hall–Kier alpha value is -2.19. The van der Waals surface area contributed by atoms with Gasteiger partial charge in [-0.3, -0.25) is 4.98 Å². The van der Waals surface area contributed by atoms with E-state index in [-0.39, 0.29) is 6.04 Å². The third kappa shape index (κ3) is 2.22. The number of fused-ring (bicyclic) bond motifs is 2. The van der Waals surface area contributed by atoms with Crippen molar-refractivity contribution in [1.82, 2.24) is 4.98 Å². The molecular weight excluding hydrogens is 256 g/mol. The highest BCUT2D eigenvalue weighted by molar-refractivity contribution is 5.78. The number of rotatable bonds is 3. The predicted molar refractivity (Wildman–Crippen MR) is 86.2 cm³/mol. The van der Waals surface area contributed by atoms with E-state index in [1.165, 1.54) is 16.5 Å². The Morgan fingerprint density at radius 3 is 2.71 bits per heavy atom. The van der Waals surface area contributed by atoms with Crippen molar-refractivity contribution in [2.24, 2.45) is 5.73 Å². The van der Waals surface area contributed by atoms with Gasteiger partial charge in [-0.05, 0) is 42.0 Å². The summed E-state index contributed by atoms with van der Waals surface area (Å²) in [6, 6.07) is 21.0. The average molecular weight is 274 g/mol. The maximum atomic E-state index is 6.39. The van der Waals surface area contributed by atoms with E-state index in [1.54, 1.807) is 0 Å². The maximum Gasteiger partial charge on any atom is 0.0706 e. The topological polar surface area (TPSA) is 38.9 Å². The molecule has 1 aliphatic carbocycles. The number of nitrogens with two attached hydrogens (primary N) is 1.